The maximum atomic E-state index is 12.6. The Hall–Kier alpha value is -3.88. The fourth-order valence-corrected chi connectivity index (χ4v) is 4.41. The van der Waals surface area contributed by atoms with Crippen molar-refractivity contribution < 1.29 is 4.74 Å². The number of fused-ring (bicyclic) bond motifs is 1. The van der Waals surface area contributed by atoms with Crippen LogP contribution in [-0.4, -0.2) is 44.9 Å². The molecule has 0 atom stereocenters. The molecule has 0 radical (unpaired) electrons. The Morgan fingerprint density at radius 2 is 1.85 bits per heavy atom. The van der Waals surface area contributed by atoms with Crippen LogP contribution in [0.1, 0.15) is 30.8 Å². The second-order valence-corrected chi connectivity index (χ2v) is 8.33. The number of nitrogens with one attached hydrogen (secondary N) is 2. The molecule has 9 nitrogen and oxygen atoms in total. The number of H-pyrrole nitrogens is 1. The normalized spacial score (nSPS) is 14.0. The van der Waals surface area contributed by atoms with Crippen molar-refractivity contribution in [3.8, 4) is 11.4 Å². The van der Waals surface area contributed by atoms with Crippen molar-refractivity contribution in [2.45, 2.75) is 33.1 Å². The zero-order valence-electron chi connectivity index (χ0n) is 19.1. The van der Waals surface area contributed by atoms with Crippen LogP contribution in [0.5, 0.6) is 5.75 Å². The van der Waals surface area contributed by atoms with Crippen molar-refractivity contribution >= 4 is 28.2 Å². The van der Waals surface area contributed by atoms with Crippen molar-refractivity contribution in [1.29, 1.82) is 0 Å². The molecule has 170 valence electrons. The van der Waals surface area contributed by atoms with Gasteiger partial charge in [-0.15, -0.1) is 0 Å². The van der Waals surface area contributed by atoms with E-state index in [9.17, 15) is 4.79 Å². The Labute approximate surface area is 191 Å². The third-order valence-electron chi connectivity index (χ3n) is 5.92. The van der Waals surface area contributed by atoms with Crippen LogP contribution < -0.4 is 20.5 Å². The van der Waals surface area contributed by atoms with Crippen molar-refractivity contribution in [2.75, 3.05) is 30.4 Å². The third-order valence-corrected chi connectivity index (χ3v) is 5.92. The second kappa shape index (κ2) is 8.57. The van der Waals surface area contributed by atoms with Crippen LogP contribution in [-0.2, 0) is 0 Å². The molecule has 4 aromatic rings. The lowest BCUT2D eigenvalue weighted by atomic mass is 10.1. The Morgan fingerprint density at radius 1 is 1.03 bits per heavy atom. The highest BCUT2D eigenvalue weighted by Crippen LogP contribution is 2.33. The first-order valence-corrected chi connectivity index (χ1v) is 11.2. The largest absolute Gasteiger partial charge is 0.495 e. The predicted octanol–water partition coefficient (Wildman–Crippen LogP) is 3.86. The van der Waals surface area contributed by atoms with Gasteiger partial charge in [-0.05, 0) is 45.2 Å². The van der Waals surface area contributed by atoms with Gasteiger partial charge in [-0.2, -0.15) is 0 Å². The fourth-order valence-electron chi connectivity index (χ4n) is 4.41. The van der Waals surface area contributed by atoms with Crippen LogP contribution in [0.3, 0.4) is 0 Å². The molecule has 3 aromatic heterocycles. The lowest BCUT2D eigenvalue weighted by molar-refractivity contribution is 0.412. The highest BCUT2D eigenvalue weighted by Gasteiger charge is 2.17. The van der Waals surface area contributed by atoms with Gasteiger partial charge in [0.15, 0.2) is 0 Å². The molecule has 0 aliphatic carbocycles. The van der Waals surface area contributed by atoms with Crippen molar-refractivity contribution in [3.05, 3.63) is 58.4 Å². The van der Waals surface area contributed by atoms with Crippen LogP contribution in [0, 0.1) is 13.8 Å². The molecule has 0 bridgehead atoms. The highest BCUT2D eigenvalue weighted by atomic mass is 16.5. The van der Waals surface area contributed by atoms with Crippen molar-refractivity contribution in [3.63, 3.8) is 0 Å². The number of aryl methyl sites for hydroxylation is 2. The quantitative estimate of drug-likeness (QED) is 0.481. The summed E-state index contributed by atoms with van der Waals surface area (Å²) in [6, 6.07) is 9.73. The summed E-state index contributed by atoms with van der Waals surface area (Å²) in [5, 5.41) is 6.65. The maximum Gasteiger partial charge on any atom is 0.273 e. The monoisotopic (exact) mass is 445 g/mol. The number of hydrogen-bond acceptors (Lipinski definition) is 7. The molecule has 1 aliphatic heterocycles. The number of piperidine rings is 1. The van der Waals surface area contributed by atoms with Crippen LogP contribution in [0.25, 0.3) is 16.6 Å². The molecule has 0 unspecified atom stereocenters. The predicted molar refractivity (Wildman–Crippen MR) is 129 cm³/mol. The Kier molecular flexibility index (Phi) is 5.45. The topological polar surface area (TPSA) is 101 Å². The van der Waals surface area contributed by atoms with Gasteiger partial charge in [0.1, 0.15) is 23.2 Å². The van der Waals surface area contributed by atoms with Gasteiger partial charge in [-0.25, -0.2) is 15.0 Å². The summed E-state index contributed by atoms with van der Waals surface area (Å²) in [4.78, 5) is 28.1. The molecule has 2 N–H and O–H groups in total. The summed E-state index contributed by atoms with van der Waals surface area (Å²) in [6.07, 6.45) is 5.22. The standard InChI is InChI=1S/C24H27N7O2/c1-15-11-23(27-16(2)26-15)28-22-13-20-18(14-25-22)24(32)29-31(20)17-7-8-19(21(12-17)33-3)30-9-5-4-6-10-30/h7-8,11-14H,4-6,9-10H2,1-3H3,(H,29,32)(H,25,26,27,28). The molecule has 1 aliphatic rings. The average molecular weight is 446 g/mol. The number of rotatable bonds is 5. The van der Waals surface area contributed by atoms with E-state index >= 15 is 0 Å². The van der Waals surface area contributed by atoms with Crippen LogP contribution in [0.2, 0.25) is 0 Å². The van der Waals surface area contributed by atoms with E-state index in [0.717, 1.165) is 35.9 Å². The molecular weight excluding hydrogens is 418 g/mol. The average Bonchev–Trinajstić information content (AvgIpc) is 3.14. The Morgan fingerprint density at radius 3 is 2.61 bits per heavy atom. The van der Waals surface area contributed by atoms with E-state index in [-0.39, 0.29) is 5.56 Å². The lowest BCUT2D eigenvalue weighted by Gasteiger charge is -2.30. The number of anilines is 3. The number of hydrogen-bond donors (Lipinski definition) is 2. The second-order valence-electron chi connectivity index (χ2n) is 8.33. The number of nitrogens with zero attached hydrogens (tertiary/aromatic N) is 5. The molecule has 33 heavy (non-hydrogen) atoms. The molecular formula is C24H27N7O2. The number of pyridine rings is 1. The van der Waals surface area contributed by atoms with Crippen LogP contribution >= 0.6 is 0 Å². The molecule has 5 rings (SSSR count). The Bertz CT molecular complexity index is 1350. The van der Waals surface area contributed by atoms with E-state index in [1.807, 2.05) is 38.1 Å². The molecule has 9 heteroatoms. The fraction of sp³-hybridized carbons (Fsp3) is 0.333. The van der Waals surface area contributed by atoms with Crippen LogP contribution in [0.15, 0.2) is 41.3 Å². The summed E-state index contributed by atoms with van der Waals surface area (Å²) < 4.78 is 7.49. The van der Waals surface area contributed by atoms with E-state index in [1.165, 1.54) is 19.3 Å². The molecule has 0 saturated carbocycles. The number of methoxy groups -OCH3 is 1. The summed E-state index contributed by atoms with van der Waals surface area (Å²) in [5.74, 6) is 2.71. The van der Waals surface area contributed by atoms with Gasteiger partial charge in [0, 0.05) is 43.2 Å². The molecule has 0 amide bonds. The van der Waals surface area contributed by atoms with Crippen LogP contribution in [0.4, 0.5) is 17.3 Å². The van der Waals surface area contributed by atoms with E-state index in [0.29, 0.717) is 28.4 Å². The molecule has 1 saturated heterocycles. The maximum absolute atomic E-state index is 12.6. The number of aromatic nitrogens is 5. The molecule has 0 spiro atoms. The van der Waals surface area contributed by atoms with E-state index in [1.54, 1.807) is 18.0 Å². The van der Waals surface area contributed by atoms with E-state index < -0.39 is 0 Å². The first-order valence-electron chi connectivity index (χ1n) is 11.2. The minimum absolute atomic E-state index is 0.197. The van der Waals surface area contributed by atoms with Gasteiger partial charge in [-0.3, -0.25) is 14.6 Å². The summed E-state index contributed by atoms with van der Waals surface area (Å²) in [5.41, 5.74) is 3.28. The molecule has 1 fully saturated rings. The highest BCUT2D eigenvalue weighted by molar-refractivity contribution is 5.82. The SMILES string of the molecule is COc1cc(-n2[nH]c(=O)c3cnc(Nc4cc(C)nc(C)n4)cc32)ccc1N1CCCCC1. The number of ether oxygens (including phenoxy) is 1. The first-order chi connectivity index (χ1) is 16.0. The zero-order chi connectivity index (χ0) is 22.9. The Balaban J connectivity index is 1.53. The number of aromatic amines is 1. The first kappa shape index (κ1) is 21.0. The lowest BCUT2D eigenvalue weighted by Crippen LogP contribution is -2.29. The van der Waals surface area contributed by atoms with E-state index in [4.69, 9.17) is 4.74 Å². The smallest absolute Gasteiger partial charge is 0.273 e. The van der Waals surface area contributed by atoms with E-state index in [2.05, 4.69) is 36.3 Å². The summed E-state index contributed by atoms with van der Waals surface area (Å²) >= 11 is 0. The zero-order valence-corrected chi connectivity index (χ0v) is 19.1. The van der Waals surface area contributed by atoms with Gasteiger partial charge >= 0.3 is 0 Å². The van der Waals surface area contributed by atoms with Crippen molar-refractivity contribution in [1.82, 2.24) is 24.7 Å². The molecule has 4 heterocycles. The van der Waals surface area contributed by atoms with Gasteiger partial charge in [-0.1, -0.05) is 0 Å². The summed E-state index contributed by atoms with van der Waals surface area (Å²) in [7, 11) is 1.68. The third kappa shape index (κ3) is 4.13. The minimum atomic E-state index is -0.197. The minimum Gasteiger partial charge on any atom is -0.495 e. The van der Waals surface area contributed by atoms with Gasteiger partial charge in [0.05, 0.1) is 29.4 Å². The summed E-state index contributed by atoms with van der Waals surface area (Å²) in [6.45, 7) is 5.82. The van der Waals surface area contributed by atoms with Gasteiger partial charge in [0.25, 0.3) is 5.56 Å². The van der Waals surface area contributed by atoms with Gasteiger partial charge < -0.3 is 15.0 Å². The number of benzene rings is 1. The van der Waals surface area contributed by atoms with Crippen molar-refractivity contribution in [2.24, 2.45) is 0 Å². The van der Waals surface area contributed by atoms with Gasteiger partial charge in [0.2, 0.25) is 0 Å². The molecule has 1 aromatic carbocycles.